The smallest absolute Gasteiger partial charge is 0.252 e. The highest BCUT2D eigenvalue weighted by Gasteiger charge is 2.43. The monoisotopic (exact) mass is 929 g/mol. The van der Waals surface area contributed by atoms with Crippen LogP contribution in [0.4, 0.5) is 50.5 Å². The second-order valence-electron chi connectivity index (χ2n) is 19.0. The minimum atomic E-state index is -0.0390. The molecular weight excluding hydrogens is 882 g/mol. The van der Waals surface area contributed by atoms with Crippen LogP contribution in [0.2, 0.25) is 0 Å². The Morgan fingerprint density at radius 2 is 0.761 bits per heavy atom. The van der Waals surface area contributed by atoms with Crippen LogP contribution in [0.1, 0.15) is 22.5 Å². The van der Waals surface area contributed by atoms with E-state index in [1.165, 1.54) is 98.5 Å². The van der Waals surface area contributed by atoms with E-state index in [0.29, 0.717) is 0 Å². The summed E-state index contributed by atoms with van der Waals surface area (Å²) in [7, 11) is 0. The Morgan fingerprint density at radius 1 is 0.380 bits per heavy atom. The van der Waals surface area contributed by atoms with Gasteiger partial charge in [-0.25, -0.2) is 0 Å². The highest BCUT2D eigenvalue weighted by Crippen LogP contribution is 2.49. The van der Waals surface area contributed by atoms with Gasteiger partial charge in [-0.1, -0.05) is 121 Å². The molecule has 2 aliphatic rings. The molecule has 0 unspecified atom stereocenters. The Labute approximate surface area is 418 Å². The van der Waals surface area contributed by atoms with Gasteiger partial charge in [-0.15, -0.1) is 11.3 Å². The van der Waals surface area contributed by atoms with Crippen LogP contribution in [0, 0.1) is 27.7 Å². The van der Waals surface area contributed by atoms with Gasteiger partial charge in [0.25, 0.3) is 6.71 Å². The van der Waals surface area contributed by atoms with Gasteiger partial charge in [0.1, 0.15) is 5.00 Å². The van der Waals surface area contributed by atoms with Crippen LogP contribution in [0.5, 0.6) is 0 Å². The Bertz CT molecular complexity index is 3730. The molecule has 3 aromatic heterocycles. The first kappa shape index (κ1) is 41.5. The third-order valence-corrected chi connectivity index (χ3v) is 16.4. The molecule has 12 aromatic rings. The van der Waals surface area contributed by atoms with E-state index >= 15 is 0 Å². The van der Waals surface area contributed by atoms with Crippen molar-refractivity contribution >= 4 is 117 Å². The second-order valence-corrected chi connectivity index (χ2v) is 20.1. The van der Waals surface area contributed by atoms with Crippen molar-refractivity contribution in [2.24, 2.45) is 0 Å². The summed E-state index contributed by atoms with van der Waals surface area (Å²) in [5.74, 6) is 0. The first-order chi connectivity index (χ1) is 34.9. The predicted molar refractivity (Wildman–Crippen MR) is 303 cm³/mol. The lowest BCUT2D eigenvalue weighted by Gasteiger charge is -2.37. The summed E-state index contributed by atoms with van der Waals surface area (Å²) in [6, 6.07) is 80.1. The van der Waals surface area contributed by atoms with Crippen LogP contribution >= 0.6 is 11.3 Å². The maximum absolute atomic E-state index is 2.61. The summed E-state index contributed by atoms with van der Waals surface area (Å²) in [6.07, 6.45) is 0. The number of anilines is 9. The number of fused-ring (bicyclic) bond motifs is 5. The zero-order valence-corrected chi connectivity index (χ0v) is 40.8. The van der Waals surface area contributed by atoms with Crippen LogP contribution in [-0.4, -0.2) is 15.8 Å². The summed E-state index contributed by atoms with van der Waals surface area (Å²) in [4.78, 5) is 7.37. The molecule has 0 atom stereocenters. The fourth-order valence-corrected chi connectivity index (χ4v) is 13.1. The van der Waals surface area contributed by atoms with Gasteiger partial charge in [-0.05, 0) is 158 Å². The van der Waals surface area contributed by atoms with E-state index in [0.717, 1.165) is 34.1 Å². The quantitative estimate of drug-likeness (QED) is 0.135. The maximum atomic E-state index is 2.61. The van der Waals surface area contributed by atoms with Gasteiger partial charge >= 0.3 is 0 Å². The Hall–Kier alpha value is -8.52. The first-order valence-electron chi connectivity index (χ1n) is 24.6. The van der Waals surface area contributed by atoms with Crippen molar-refractivity contribution in [1.82, 2.24) is 9.13 Å². The lowest BCUT2D eigenvalue weighted by molar-refractivity contribution is 1.01. The van der Waals surface area contributed by atoms with Crippen molar-refractivity contribution < 1.29 is 0 Å². The molecule has 5 nitrogen and oxygen atoms in total. The predicted octanol–water partition coefficient (Wildman–Crippen LogP) is 15.6. The topological polar surface area (TPSA) is 19.6 Å². The van der Waals surface area contributed by atoms with Gasteiger partial charge in [-0.2, -0.15) is 0 Å². The number of hydrogen-bond donors (Lipinski definition) is 0. The van der Waals surface area contributed by atoms with Gasteiger partial charge in [0, 0.05) is 66.7 Å². The molecule has 2 aliphatic heterocycles. The van der Waals surface area contributed by atoms with Crippen molar-refractivity contribution in [1.29, 1.82) is 0 Å². The number of nitrogens with zero attached hydrogens (tertiary/aromatic N) is 5. The van der Waals surface area contributed by atoms with E-state index in [2.05, 4.69) is 270 Å². The zero-order chi connectivity index (χ0) is 47.5. The molecule has 0 bridgehead atoms. The number of aryl methyl sites for hydroxylation is 2. The van der Waals surface area contributed by atoms with Crippen LogP contribution < -0.4 is 31.1 Å². The lowest BCUT2D eigenvalue weighted by atomic mass is 9.34. The third-order valence-electron chi connectivity index (χ3n) is 15.3. The van der Waals surface area contributed by atoms with Crippen LogP contribution in [0.25, 0.3) is 43.3 Å². The molecule has 0 radical (unpaired) electrons. The normalized spacial score (nSPS) is 12.2. The number of rotatable bonds is 9. The molecule has 71 heavy (non-hydrogen) atoms. The average Bonchev–Trinajstić information content (AvgIpc) is 4.06. The van der Waals surface area contributed by atoms with Crippen molar-refractivity contribution in [3.63, 3.8) is 0 Å². The molecule has 0 amide bonds. The largest absolute Gasteiger partial charge is 0.314 e. The first-order valence-corrected chi connectivity index (χ1v) is 25.4. The van der Waals surface area contributed by atoms with Crippen LogP contribution in [0.3, 0.4) is 0 Å². The molecule has 338 valence electrons. The molecule has 0 N–H and O–H groups in total. The fraction of sp³-hybridized carbons (Fsp3) is 0.0625. The minimum absolute atomic E-state index is 0.0390. The molecule has 0 fully saturated rings. The van der Waals surface area contributed by atoms with Gasteiger partial charge < -0.3 is 23.8 Å². The molecule has 14 rings (SSSR count). The van der Waals surface area contributed by atoms with E-state index in [1.54, 1.807) is 0 Å². The number of hydrogen-bond acceptors (Lipinski definition) is 4. The maximum Gasteiger partial charge on any atom is 0.252 e. The molecule has 0 saturated heterocycles. The Morgan fingerprint density at radius 3 is 1.17 bits per heavy atom. The number of aromatic nitrogens is 2. The highest BCUT2D eigenvalue weighted by atomic mass is 32.1. The lowest BCUT2D eigenvalue weighted by Crippen LogP contribution is -2.59. The summed E-state index contributed by atoms with van der Waals surface area (Å²) < 4.78 is 6.49. The fourth-order valence-electron chi connectivity index (χ4n) is 12.0. The standard InChI is InChI=1S/C64H48BN5S/c1-41-43(3)66-56-39-51(70(50-31-18-9-19-32-50)59-38-45-22-20-21-33-58(45)71-59)40-57-62(56)65(52-34-36-54(60(41)63(52)66)68(46-23-10-5-11-24-46)47-25-12-6-13-26-47)53-35-37-55(61-42(2)44(4)67(57)64(53)61)69(48-27-14-7-15-28-48)49-29-16-8-17-30-49/h5-40H,1-4H3. The zero-order valence-electron chi connectivity index (χ0n) is 40.0. The molecule has 0 spiro atoms. The summed E-state index contributed by atoms with van der Waals surface area (Å²) >= 11 is 1.84. The SMILES string of the molecule is Cc1c(C)n2c3c(ccc(N(c4ccccc4)c4ccccc4)c13)B1c3c-2cc(N(c2ccccc2)c2cc4ccccc4s2)cc3-n2c(C)c(C)c3c(N(c4ccccc4)c4ccccc4)ccc1c32. The summed E-state index contributed by atoms with van der Waals surface area (Å²) in [5.41, 5.74) is 23.1. The van der Waals surface area contributed by atoms with E-state index in [4.69, 9.17) is 0 Å². The molecule has 5 heterocycles. The third kappa shape index (κ3) is 6.12. The van der Waals surface area contributed by atoms with Gasteiger partial charge in [-0.3, -0.25) is 0 Å². The van der Waals surface area contributed by atoms with Gasteiger partial charge in [0.15, 0.2) is 0 Å². The minimum Gasteiger partial charge on any atom is -0.314 e. The molecule has 9 aromatic carbocycles. The van der Waals surface area contributed by atoms with E-state index in [-0.39, 0.29) is 6.71 Å². The van der Waals surface area contributed by atoms with Gasteiger partial charge in [0.2, 0.25) is 0 Å². The van der Waals surface area contributed by atoms with Crippen molar-refractivity contribution in [3.8, 4) is 11.4 Å². The van der Waals surface area contributed by atoms with E-state index in [1.807, 2.05) is 11.3 Å². The Balaban J connectivity index is 1.11. The molecule has 0 saturated carbocycles. The van der Waals surface area contributed by atoms with E-state index in [9.17, 15) is 0 Å². The second kappa shape index (κ2) is 16.0. The van der Waals surface area contributed by atoms with Crippen molar-refractivity contribution in [2.45, 2.75) is 27.7 Å². The Kier molecular flexibility index (Phi) is 9.36. The van der Waals surface area contributed by atoms with Crippen LogP contribution in [0.15, 0.2) is 218 Å². The van der Waals surface area contributed by atoms with Crippen molar-refractivity contribution in [3.05, 3.63) is 241 Å². The summed E-state index contributed by atoms with van der Waals surface area (Å²) in [5, 5.41) is 4.97. The summed E-state index contributed by atoms with van der Waals surface area (Å²) in [6.45, 7) is 9.28. The number of benzene rings is 9. The average molecular weight is 930 g/mol. The van der Waals surface area contributed by atoms with Gasteiger partial charge in [0.05, 0.1) is 28.1 Å². The number of para-hydroxylation sites is 5. The van der Waals surface area contributed by atoms with E-state index < -0.39 is 0 Å². The van der Waals surface area contributed by atoms with Crippen molar-refractivity contribution in [2.75, 3.05) is 14.7 Å². The number of thiophene rings is 1. The molecule has 7 heteroatoms. The molecular formula is C64H48BN5S. The molecule has 0 aliphatic carbocycles. The van der Waals surface area contributed by atoms with Crippen LogP contribution in [-0.2, 0) is 0 Å². The highest BCUT2D eigenvalue weighted by molar-refractivity contribution is 7.23.